The van der Waals surface area contributed by atoms with E-state index in [0.29, 0.717) is 12.8 Å². The summed E-state index contributed by atoms with van der Waals surface area (Å²) in [5, 5.41) is 18.1. The predicted octanol–water partition coefficient (Wildman–Crippen LogP) is 1.98. The first-order valence-corrected chi connectivity index (χ1v) is 12.2. The minimum absolute atomic E-state index is 0.00165. The number of amides is 3. The number of benzene rings is 1. The lowest BCUT2D eigenvalue weighted by atomic mass is 9.99. The highest BCUT2D eigenvalue weighted by molar-refractivity contribution is 5.92. The summed E-state index contributed by atoms with van der Waals surface area (Å²) in [4.78, 5) is 54.7. The molecule has 0 aliphatic carbocycles. The number of hydrogen-bond acceptors (Lipinski definition) is 6. The van der Waals surface area contributed by atoms with Crippen LogP contribution < -0.4 is 10.6 Å². The molecule has 1 heterocycles. The largest absolute Gasteiger partial charge is 0.480 e. The quantitative estimate of drug-likeness (QED) is 0.336. The monoisotopic (exact) mass is 499 g/mol. The lowest BCUT2D eigenvalue weighted by Gasteiger charge is -2.40. The third-order valence-electron chi connectivity index (χ3n) is 5.67. The Morgan fingerprint density at radius 3 is 2.28 bits per heavy atom. The summed E-state index contributed by atoms with van der Waals surface area (Å²) in [6, 6.07) is 6.13. The van der Waals surface area contributed by atoms with Crippen molar-refractivity contribution in [3.8, 4) is 0 Å². The first kappa shape index (κ1) is 28.5. The van der Waals surface area contributed by atoms with Crippen LogP contribution in [0.3, 0.4) is 0 Å². The number of rotatable bonds is 14. The zero-order valence-corrected chi connectivity index (χ0v) is 21.3. The molecule has 10 heteroatoms. The van der Waals surface area contributed by atoms with Crippen LogP contribution >= 0.6 is 0 Å². The summed E-state index contributed by atoms with van der Waals surface area (Å²) in [6.07, 6.45) is 5.83. The first-order valence-electron chi connectivity index (χ1n) is 12.2. The number of hydrogen-bond donors (Lipinski definition) is 3. The Labute approximate surface area is 212 Å². The zero-order chi connectivity index (χ0) is 26.7. The zero-order valence-electron chi connectivity index (χ0n) is 21.3. The minimum Gasteiger partial charge on any atom is -0.480 e. The van der Waals surface area contributed by atoms with Crippen LogP contribution in [-0.4, -0.2) is 70.2 Å². The van der Waals surface area contributed by atoms with Gasteiger partial charge < -0.3 is 15.7 Å². The van der Waals surface area contributed by atoms with E-state index in [4.69, 9.17) is 0 Å². The highest BCUT2D eigenvalue weighted by Crippen LogP contribution is 2.19. The minimum atomic E-state index is -1.15. The van der Waals surface area contributed by atoms with Crippen LogP contribution in [0.1, 0.15) is 46.1 Å². The molecule has 196 valence electrons. The number of carbonyl (C=O) groups excluding carboxylic acids is 3. The van der Waals surface area contributed by atoms with Gasteiger partial charge in [0.25, 0.3) is 5.91 Å². The van der Waals surface area contributed by atoms with Crippen molar-refractivity contribution < 1.29 is 24.3 Å². The lowest BCUT2D eigenvalue weighted by Crippen LogP contribution is -2.61. The fourth-order valence-electron chi connectivity index (χ4n) is 4.02. The van der Waals surface area contributed by atoms with Crippen molar-refractivity contribution in [1.29, 1.82) is 0 Å². The standard InChI is InChI=1S/C26H37N5O5/c1-18(2)14-21(28-17-32)24(33)29-22(16-20-8-6-5-7-9-20)25(34)31(30-12-10-27-11-13-30)23(26(35)36)15-19(3)4/h5-12,17-19,21-23H,13-16H2,1-4H3,(H,28,32)(H,29,33)(H,35,36)/t21-,22-,23-/m0/s1. The molecule has 1 aliphatic heterocycles. The Morgan fingerprint density at radius 2 is 1.75 bits per heavy atom. The summed E-state index contributed by atoms with van der Waals surface area (Å²) in [7, 11) is 0. The van der Waals surface area contributed by atoms with Gasteiger partial charge in [0.1, 0.15) is 12.1 Å². The van der Waals surface area contributed by atoms with Crippen molar-refractivity contribution >= 4 is 30.4 Å². The Balaban J connectivity index is 2.46. The molecule has 3 N–H and O–H groups in total. The lowest BCUT2D eigenvalue weighted by molar-refractivity contribution is -0.166. The fourth-order valence-corrected chi connectivity index (χ4v) is 4.02. The van der Waals surface area contributed by atoms with Crippen LogP contribution in [0.25, 0.3) is 0 Å². The van der Waals surface area contributed by atoms with Crippen molar-refractivity contribution in [2.24, 2.45) is 16.8 Å². The highest BCUT2D eigenvalue weighted by Gasteiger charge is 2.38. The van der Waals surface area contributed by atoms with Crippen LogP contribution in [0.2, 0.25) is 0 Å². The smallest absolute Gasteiger partial charge is 0.328 e. The molecular weight excluding hydrogens is 462 g/mol. The third kappa shape index (κ3) is 8.51. The van der Waals surface area contributed by atoms with Crippen molar-refractivity contribution in [2.45, 2.75) is 65.1 Å². The van der Waals surface area contributed by atoms with E-state index in [1.165, 1.54) is 16.2 Å². The number of aliphatic imine (C=N–C) groups is 1. The second kappa shape index (κ2) is 14.0. The maximum Gasteiger partial charge on any atom is 0.328 e. The Morgan fingerprint density at radius 1 is 1.08 bits per heavy atom. The average molecular weight is 500 g/mol. The van der Waals surface area contributed by atoms with Crippen LogP contribution in [0.15, 0.2) is 47.7 Å². The topological polar surface area (TPSA) is 131 Å². The second-order valence-corrected chi connectivity index (χ2v) is 9.64. The van der Waals surface area contributed by atoms with Crippen LogP contribution in [0.5, 0.6) is 0 Å². The number of nitrogens with zero attached hydrogens (tertiary/aromatic N) is 3. The Bertz CT molecular complexity index is 947. The summed E-state index contributed by atoms with van der Waals surface area (Å²) in [5.74, 6) is -2.09. The summed E-state index contributed by atoms with van der Waals surface area (Å²) in [6.45, 7) is 7.83. The maximum atomic E-state index is 14.1. The molecule has 0 unspecified atom stereocenters. The Kier molecular flexibility index (Phi) is 11.1. The Hall–Kier alpha value is -3.69. The molecule has 0 saturated heterocycles. The number of aliphatic carboxylic acids is 1. The normalized spacial score (nSPS) is 15.3. The molecule has 36 heavy (non-hydrogen) atoms. The molecule has 3 amide bonds. The fraction of sp³-hybridized carbons (Fsp3) is 0.500. The van der Waals surface area contributed by atoms with Gasteiger partial charge in [-0.15, -0.1) is 0 Å². The molecule has 0 bridgehead atoms. The predicted molar refractivity (Wildman–Crippen MR) is 137 cm³/mol. The van der Waals surface area contributed by atoms with E-state index >= 15 is 0 Å². The molecule has 1 aromatic rings. The van der Waals surface area contributed by atoms with E-state index in [0.717, 1.165) is 5.56 Å². The van der Waals surface area contributed by atoms with Crippen molar-refractivity contribution in [3.63, 3.8) is 0 Å². The SMILES string of the molecule is CC(C)C[C@H](NC=O)C(=O)N[C@@H](Cc1ccccc1)C(=O)N([C@@H](CC(C)C)C(=O)O)N1C=CN=CC1. The van der Waals surface area contributed by atoms with E-state index in [1.54, 1.807) is 12.4 Å². The molecular formula is C26H37N5O5. The van der Waals surface area contributed by atoms with Gasteiger partial charge in [0, 0.05) is 25.0 Å². The van der Waals surface area contributed by atoms with Gasteiger partial charge in [-0.2, -0.15) is 0 Å². The van der Waals surface area contributed by atoms with Crippen molar-refractivity contribution in [3.05, 3.63) is 48.3 Å². The molecule has 0 radical (unpaired) electrons. The van der Waals surface area contributed by atoms with Crippen LogP contribution in [0.4, 0.5) is 0 Å². The number of hydrazine groups is 1. The number of carboxylic acid groups (broad SMARTS) is 1. The van der Waals surface area contributed by atoms with Crippen LogP contribution in [0, 0.1) is 11.8 Å². The van der Waals surface area contributed by atoms with E-state index < -0.39 is 35.9 Å². The molecule has 2 rings (SSSR count). The summed E-state index contributed by atoms with van der Waals surface area (Å²) in [5.41, 5.74) is 0.798. The molecule has 10 nitrogen and oxygen atoms in total. The van der Waals surface area contributed by atoms with Gasteiger partial charge in [0.2, 0.25) is 12.3 Å². The number of nitrogens with one attached hydrogen (secondary N) is 2. The molecule has 0 aromatic heterocycles. The van der Waals surface area contributed by atoms with E-state index in [-0.39, 0.29) is 31.2 Å². The van der Waals surface area contributed by atoms with Gasteiger partial charge in [-0.3, -0.25) is 24.4 Å². The van der Waals surface area contributed by atoms with Gasteiger partial charge in [-0.1, -0.05) is 58.0 Å². The number of carboxylic acids is 1. The highest BCUT2D eigenvalue weighted by atomic mass is 16.4. The van der Waals surface area contributed by atoms with Crippen molar-refractivity contribution in [2.75, 3.05) is 6.54 Å². The average Bonchev–Trinajstić information content (AvgIpc) is 2.83. The third-order valence-corrected chi connectivity index (χ3v) is 5.67. The van der Waals surface area contributed by atoms with Gasteiger partial charge in [0.15, 0.2) is 6.04 Å². The van der Waals surface area contributed by atoms with Gasteiger partial charge >= 0.3 is 5.97 Å². The summed E-state index contributed by atoms with van der Waals surface area (Å²) >= 11 is 0. The number of carbonyl (C=O) groups is 4. The summed E-state index contributed by atoms with van der Waals surface area (Å²) < 4.78 is 0. The molecule has 3 atom stereocenters. The molecule has 1 aromatic carbocycles. The van der Waals surface area contributed by atoms with E-state index in [2.05, 4.69) is 15.6 Å². The van der Waals surface area contributed by atoms with Crippen molar-refractivity contribution in [1.82, 2.24) is 20.7 Å². The van der Waals surface area contributed by atoms with E-state index in [1.807, 2.05) is 58.0 Å². The molecule has 0 saturated carbocycles. The van der Waals surface area contributed by atoms with Crippen LogP contribution in [-0.2, 0) is 25.6 Å². The van der Waals surface area contributed by atoms with Gasteiger partial charge in [-0.05, 0) is 30.2 Å². The van der Waals surface area contributed by atoms with Gasteiger partial charge in [-0.25, -0.2) is 9.80 Å². The molecule has 1 aliphatic rings. The first-order chi connectivity index (χ1) is 17.1. The second-order valence-electron chi connectivity index (χ2n) is 9.64. The molecule has 0 spiro atoms. The van der Waals surface area contributed by atoms with Gasteiger partial charge in [0.05, 0.1) is 6.54 Å². The van der Waals surface area contributed by atoms with E-state index in [9.17, 15) is 24.3 Å². The molecule has 0 fully saturated rings. The maximum absolute atomic E-state index is 14.1.